The molecule has 1 N–H and O–H groups in total. The molecule has 0 spiro atoms. The zero-order valence-corrected chi connectivity index (χ0v) is 14.2. The molecule has 3 nitrogen and oxygen atoms in total. The van der Waals surface area contributed by atoms with Crippen molar-refractivity contribution in [1.29, 1.82) is 0 Å². The van der Waals surface area contributed by atoms with Crippen molar-refractivity contribution in [3.05, 3.63) is 75.1 Å². The van der Waals surface area contributed by atoms with Crippen LogP contribution in [-0.4, -0.2) is 10.9 Å². The number of nitrogens with zero attached hydrogens (tertiary/aromatic N) is 1. The van der Waals surface area contributed by atoms with Crippen molar-refractivity contribution in [3.63, 3.8) is 0 Å². The van der Waals surface area contributed by atoms with Crippen LogP contribution < -0.4 is 5.32 Å². The molecule has 0 aliphatic heterocycles. The molecule has 0 aliphatic carbocycles. The Morgan fingerprint density at radius 2 is 1.96 bits per heavy atom. The number of pyridine rings is 1. The van der Waals surface area contributed by atoms with Gasteiger partial charge in [-0.05, 0) is 35.9 Å². The Hall–Kier alpha value is -1.98. The number of aromatic nitrogens is 1. The number of rotatable bonds is 3. The summed E-state index contributed by atoms with van der Waals surface area (Å²) in [6, 6.07) is 11.9. The summed E-state index contributed by atoms with van der Waals surface area (Å²) in [5.41, 5.74) is 1.55. The van der Waals surface area contributed by atoms with Crippen LogP contribution in [0.15, 0.2) is 53.1 Å². The van der Waals surface area contributed by atoms with Crippen LogP contribution in [0.3, 0.4) is 0 Å². The highest BCUT2D eigenvalue weighted by atomic mass is 79.9. The first kappa shape index (κ1) is 15.9. The lowest BCUT2D eigenvalue weighted by atomic mass is 10.1. The van der Waals surface area contributed by atoms with Crippen LogP contribution in [0.25, 0.3) is 10.9 Å². The van der Waals surface area contributed by atoms with Crippen LogP contribution in [-0.2, 0) is 6.54 Å². The highest BCUT2D eigenvalue weighted by Gasteiger charge is 2.10. The van der Waals surface area contributed by atoms with Gasteiger partial charge < -0.3 is 5.32 Å². The van der Waals surface area contributed by atoms with Crippen molar-refractivity contribution in [1.82, 2.24) is 10.3 Å². The second kappa shape index (κ2) is 6.64. The predicted molar refractivity (Wildman–Crippen MR) is 92.0 cm³/mol. The number of hydrogen-bond donors (Lipinski definition) is 1. The quantitative estimate of drug-likeness (QED) is 0.699. The molecule has 0 bridgehead atoms. The van der Waals surface area contributed by atoms with Gasteiger partial charge in [-0.25, -0.2) is 4.39 Å². The third kappa shape index (κ3) is 3.68. The molecular formula is C17H11BrClFN2O. The summed E-state index contributed by atoms with van der Waals surface area (Å²) in [5.74, 6) is -0.697. The Morgan fingerprint density at radius 3 is 2.70 bits per heavy atom. The van der Waals surface area contributed by atoms with E-state index in [0.717, 1.165) is 5.56 Å². The molecule has 2 aromatic carbocycles. The number of carbonyl (C=O) groups is 1. The molecule has 23 heavy (non-hydrogen) atoms. The molecule has 1 amide bonds. The molecule has 0 unspecified atom stereocenters. The van der Waals surface area contributed by atoms with Gasteiger partial charge in [0.15, 0.2) is 5.82 Å². The maximum absolute atomic E-state index is 13.8. The molecule has 0 radical (unpaired) electrons. The van der Waals surface area contributed by atoms with E-state index in [9.17, 15) is 9.18 Å². The van der Waals surface area contributed by atoms with Gasteiger partial charge in [-0.1, -0.05) is 39.7 Å². The fourth-order valence-electron chi connectivity index (χ4n) is 2.18. The lowest BCUT2D eigenvalue weighted by molar-refractivity contribution is 0.0950. The molecule has 0 atom stereocenters. The lowest BCUT2D eigenvalue weighted by Crippen LogP contribution is -2.22. The number of halogens is 3. The summed E-state index contributed by atoms with van der Waals surface area (Å²) in [5, 5.41) is 4.01. The second-order valence-electron chi connectivity index (χ2n) is 4.99. The molecule has 0 saturated heterocycles. The Balaban J connectivity index is 1.79. The molecule has 1 heterocycles. The maximum Gasteiger partial charge on any atom is 0.253 e. The average Bonchev–Trinajstić information content (AvgIpc) is 2.53. The van der Waals surface area contributed by atoms with Crippen LogP contribution >= 0.6 is 27.5 Å². The maximum atomic E-state index is 13.8. The molecule has 0 fully saturated rings. The average molecular weight is 394 g/mol. The smallest absolute Gasteiger partial charge is 0.253 e. The van der Waals surface area contributed by atoms with E-state index < -0.39 is 5.82 Å². The summed E-state index contributed by atoms with van der Waals surface area (Å²) in [6.07, 6.45) is 1.37. The third-order valence-electron chi connectivity index (χ3n) is 3.33. The number of amides is 1. The summed E-state index contributed by atoms with van der Waals surface area (Å²) in [6.45, 7) is 0.376. The monoisotopic (exact) mass is 392 g/mol. The van der Waals surface area contributed by atoms with E-state index in [-0.39, 0.29) is 11.4 Å². The van der Waals surface area contributed by atoms with Gasteiger partial charge in [-0.3, -0.25) is 9.78 Å². The Labute approximate surface area is 145 Å². The first-order valence-corrected chi connectivity index (χ1v) is 7.97. The summed E-state index contributed by atoms with van der Waals surface area (Å²) >= 11 is 9.05. The zero-order valence-electron chi connectivity index (χ0n) is 11.8. The topological polar surface area (TPSA) is 42.0 Å². The van der Waals surface area contributed by atoms with Gasteiger partial charge in [0.25, 0.3) is 5.91 Å². The lowest BCUT2D eigenvalue weighted by Gasteiger charge is -2.07. The fraction of sp³-hybridized carbons (Fsp3) is 0.0588. The van der Waals surface area contributed by atoms with Gasteiger partial charge in [0.2, 0.25) is 0 Å². The Kier molecular flexibility index (Phi) is 4.59. The van der Waals surface area contributed by atoms with Gasteiger partial charge >= 0.3 is 0 Å². The first-order chi connectivity index (χ1) is 11.0. The van der Waals surface area contributed by atoms with Crippen LogP contribution in [0.4, 0.5) is 4.39 Å². The molecule has 6 heteroatoms. The normalized spacial score (nSPS) is 10.7. The number of hydrogen-bond acceptors (Lipinski definition) is 2. The Bertz CT molecular complexity index is 884. The van der Waals surface area contributed by atoms with E-state index in [1.807, 2.05) is 12.1 Å². The standard InChI is InChI=1S/C17H11BrClFN2O/c18-13-6-11-5-12(9-21-16(11)15(20)7-13)17(23)22-8-10-1-3-14(19)4-2-10/h1-7,9H,8H2,(H,22,23). The van der Waals surface area contributed by atoms with Crippen molar-refractivity contribution in [2.45, 2.75) is 6.54 Å². The summed E-state index contributed by atoms with van der Waals surface area (Å²) in [4.78, 5) is 16.3. The number of nitrogens with one attached hydrogen (secondary N) is 1. The van der Waals surface area contributed by atoms with E-state index in [1.54, 1.807) is 24.3 Å². The molecule has 0 aliphatic rings. The van der Waals surface area contributed by atoms with E-state index >= 15 is 0 Å². The van der Waals surface area contributed by atoms with Crippen LogP contribution in [0, 0.1) is 5.82 Å². The van der Waals surface area contributed by atoms with Gasteiger partial charge in [-0.15, -0.1) is 0 Å². The molecule has 1 aromatic heterocycles. The van der Waals surface area contributed by atoms with E-state index in [2.05, 4.69) is 26.2 Å². The van der Waals surface area contributed by atoms with Crippen molar-refractivity contribution >= 4 is 44.3 Å². The van der Waals surface area contributed by atoms with E-state index in [4.69, 9.17) is 11.6 Å². The number of fused-ring (bicyclic) bond motifs is 1. The number of carbonyl (C=O) groups excluding carboxylic acids is 1. The van der Waals surface area contributed by atoms with Gasteiger partial charge in [-0.2, -0.15) is 0 Å². The minimum atomic E-state index is -0.428. The zero-order chi connectivity index (χ0) is 16.4. The highest BCUT2D eigenvalue weighted by Crippen LogP contribution is 2.22. The van der Waals surface area contributed by atoms with Crippen LogP contribution in [0.1, 0.15) is 15.9 Å². The van der Waals surface area contributed by atoms with E-state index in [1.165, 1.54) is 12.3 Å². The van der Waals surface area contributed by atoms with Gasteiger partial charge in [0, 0.05) is 27.6 Å². The third-order valence-corrected chi connectivity index (χ3v) is 4.04. The molecular weight excluding hydrogens is 383 g/mol. The summed E-state index contributed by atoms with van der Waals surface area (Å²) < 4.78 is 14.4. The van der Waals surface area contributed by atoms with Crippen molar-refractivity contribution < 1.29 is 9.18 Å². The van der Waals surface area contributed by atoms with Gasteiger partial charge in [0.05, 0.1) is 5.56 Å². The second-order valence-corrected chi connectivity index (χ2v) is 6.34. The molecule has 0 saturated carbocycles. The minimum absolute atomic E-state index is 0.238. The summed E-state index contributed by atoms with van der Waals surface area (Å²) in [7, 11) is 0. The minimum Gasteiger partial charge on any atom is -0.348 e. The molecule has 3 rings (SSSR count). The highest BCUT2D eigenvalue weighted by molar-refractivity contribution is 9.10. The number of benzene rings is 2. The van der Waals surface area contributed by atoms with Crippen molar-refractivity contribution in [2.24, 2.45) is 0 Å². The Morgan fingerprint density at radius 1 is 1.22 bits per heavy atom. The predicted octanol–water partition coefficient (Wildman–Crippen LogP) is 4.72. The fourth-order valence-corrected chi connectivity index (χ4v) is 2.76. The van der Waals surface area contributed by atoms with Gasteiger partial charge in [0.1, 0.15) is 5.52 Å². The first-order valence-electron chi connectivity index (χ1n) is 6.80. The van der Waals surface area contributed by atoms with Crippen LogP contribution in [0.2, 0.25) is 5.02 Å². The largest absolute Gasteiger partial charge is 0.348 e. The van der Waals surface area contributed by atoms with Crippen molar-refractivity contribution in [2.75, 3.05) is 0 Å². The van der Waals surface area contributed by atoms with Crippen LogP contribution in [0.5, 0.6) is 0 Å². The van der Waals surface area contributed by atoms with E-state index in [0.29, 0.717) is 27.0 Å². The van der Waals surface area contributed by atoms with Crippen molar-refractivity contribution in [3.8, 4) is 0 Å². The molecule has 3 aromatic rings. The molecule has 116 valence electrons. The SMILES string of the molecule is O=C(NCc1ccc(Cl)cc1)c1cnc2c(F)cc(Br)cc2c1.